The Kier molecular flexibility index (Phi) is 6.14. The van der Waals surface area contributed by atoms with E-state index in [1.165, 1.54) is 11.3 Å². The molecule has 1 amide bonds. The zero-order valence-corrected chi connectivity index (χ0v) is 19.7. The van der Waals surface area contributed by atoms with Crippen LogP contribution in [0.2, 0.25) is 0 Å². The van der Waals surface area contributed by atoms with Gasteiger partial charge in [0.15, 0.2) is 16.6 Å². The van der Waals surface area contributed by atoms with Gasteiger partial charge in [-0.2, -0.15) is 0 Å². The van der Waals surface area contributed by atoms with Crippen molar-refractivity contribution in [3.8, 4) is 11.5 Å². The van der Waals surface area contributed by atoms with Gasteiger partial charge in [0, 0.05) is 24.7 Å². The first-order chi connectivity index (χ1) is 16.6. The topological polar surface area (TPSA) is 84.8 Å². The Labute approximate surface area is 201 Å². The Balaban J connectivity index is 1.25. The molecule has 0 saturated carbocycles. The lowest BCUT2D eigenvalue weighted by Gasteiger charge is -2.11. The number of para-hydroxylation sites is 1. The Morgan fingerprint density at radius 3 is 2.76 bits per heavy atom. The molecule has 3 aromatic carbocycles. The van der Waals surface area contributed by atoms with Gasteiger partial charge in [0.2, 0.25) is 12.7 Å². The van der Waals surface area contributed by atoms with Crippen molar-refractivity contribution < 1.29 is 14.3 Å². The fourth-order valence-electron chi connectivity index (χ4n) is 3.76. The van der Waals surface area contributed by atoms with E-state index in [9.17, 15) is 4.79 Å². The summed E-state index contributed by atoms with van der Waals surface area (Å²) in [6.07, 6.45) is 0.965. The van der Waals surface area contributed by atoms with Gasteiger partial charge in [-0.25, -0.2) is 4.98 Å². The predicted molar refractivity (Wildman–Crippen MR) is 136 cm³/mol. The van der Waals surface area contributed by atoms with Gasteiger partial charge in [0.25, 0.3) is 0 Å². The van der Waals surface area contributed by atoms with Gasteiger partial charge in [0.05, 0.1) is 10.2 Å². The van der Waals surface area contributed by atoms with Crippen LogP contribution in [0.25, 0.3) is 10.2 Å². The molecule has 0 aliphatic carbocycles. The average molecular weight is 473 g/mol. The van der Waals surface area contributed by atoms with Gasteiger partial charge >= 0.3 is 0 Å². The quantitative estimate of drug-likeness (QED) is 0.290. The van der Waals surface area contributed by atoms with E-state index in [1.54, 1.807) is 7.05 Å². The number of carbonyl (C=O) groups is 1. The summed E-state index contributed by atoms with van der Waals surface area (Å²) in [6.45, 7) is 2.30. The van der Waals surface area contributed by atoms with Gasteiger partial charge in [-0.1, -0.05) is 35.6 Å². The second-order valence-electron chi connectivity index (χ2n) is 7.95. The molecule has 0 atom stereocenters. The van der Waals surface area contributed by atoms with Crippen molar-refractivity contribution in [2.75, 3.05) is 24.5 Å². The number of hydrogen-bond acceptors (Lipinski definition) is 6. The van der Waals surface area contributed by atoms with Crippen molar-refractivity contribution in [3.05, 3.63) is 77.4 Å². The number of amides is 1. The fraction of sp³-hybridized carbons (Fsp3) is 0.192. The number of carbonyl (C=O) groups excluding carboxylic acids is 1. The molecule has 0 radical (unpaired) electrons. The zero-order valence-electron chi connectivity index (χ0n) is 18.9. The number of fused-ring (bicyclic) bond motifs is 2. The third-order valence-electron chi connectivity index (χ3n) is 5.61. The second-order valence-corrected chi connectivity index (χ2v) is 8.98. The molecule has 1 aliphatic heterocycles. The van der Waals surface area contributed by atoms with Crippen LogP contribution in [-0.2, 0) is 11.2 Å². The smallest absolute Gasteiger partial charge is 0.231 e. The Morgan fingerprint density at radius 1 is 1.06 bits per heavy atom. The summed E-state index contributed by atoms with van der Waals surface area (Å²) >= 11 is 1.45. The van der Waals surface area contributed by atoms with E-state index in [2.05, 4.69) is 33.6 Å². The van der Waals surface area contributed by atoms with E-state index in [-0.39, 0.29) is 12.7 Å². The third kappa shape index (κ3) is 4.72. The molecule has 172 valence electrons. The molecule has 1 aromatic heterocycles. The molecule has 1 aliphatic rings. The Hall–Kier alpha value is -3.91. The van der Waals surface area contributed by atoms with E-state index >= 15 is 0 Å². The van der Waals surface area contributed by atoms with Crippen molar-refractivity contribution in [2.24, 2.45) is 4.99 Å². The highest BCUT2D eigenvalue weighted by atomic mass is 32.1. The summed E-state index contributed by atoms with van der Waals surface area (Å²) in [5, 5.41) is 6.93. The SMILES string of the molecule is CN=C(Nc1ccccc1C)c1ccc2nc(NC(=O)CCc3ccc4c(c3)OCO4)sc2c1. The van der Waals surface area contributed by atoms with Gasteiger partial charge in [0.1, 0.15) is 5.84 Å². The number of aryl methyl sites for hydroxylation is 2. The predicted octanol–water partition coefficient (Wildman–Crippen LogP) is 5.39. The molecule has 0 bridgehead atoms. The number of anilines is 2. The van der Waals surface area contributed by atoms with E-state index in [0.717, 1.165) is 49.9 Å². The number of rotatable bonds is 6. The van der Waals surface area contributed by atoms with Crippen LogP contribution >= 0.6 is 11.3 Å². The molecule has 0 spiro atoms. The fourth-order valence-corrected chi connectivity index (χ4v) is 4.68. The lowest BCUT2D eigenvalue weighted by molar-refractivity contribution is -0.116. The minimum absolute atomic E-state index is 0.0750. The molecule has 5 rings (SSSR count). The van der Waals surface area contributed by atoms with E-state index in [1.807, 2.05) is 54.6 Å². The third-order valence-corrected chi connectivity index (χ3v) is 6.54. The normalized spacial score (nSPS) is 12.7. The number of amidine groups is 1. The van der Waals surface area contributed by atoms with Crippen LogP contribution in [-0.4, -0.2) is 30.6 Å². The lowest BCUT2D eigenvalue weighted by atomic mass is 10.1. The van der Waals surface area contributed by atoms with Gasteiger partial charge in [-0.3, -0.25) is 9.79 Å². The van der Waals surface area contributed by atoms with E-state index in [4.69, 9.17) is 9.47 Å². The number of hydrogen-bond donors (Lipinski definition) is 2. The summed E-state index contributed by atoms with van der Waals surface area (Å²) in [4.78, 5) is 21.5. The molecule has 7 nitrogen and oxygen atoms in total. The van der Waals surface area contributed by atoms with Crippen LogP contribution in [0.1, 0.15) is 23.1 Å². The maximum Gasteiger partial charge on any atom is 0.231 e. The molecule has 0 unspecified atom stereocenters. The summed E-state index contributed by atoms with van der Waals surface area (Å²) in [6, 6.07) is 19.8. The van der Waals surface area contributed by atoms with E-state index < -0.39 is 0 Å². The monoisotopic (exact) mass is 472 g/mol. The Morgan fingerprint density at radius 2 is 1.91 bits per heavy atom. The van der Waals surface area contributed by atoms with Crippen LogP contribution in [0.15, 0.2) is 65.7 Å². The average Bonchev–Trinajstić information content (AvgIpc) is 3.47. The van der Waals surface area contributed by atoms with Crippen molar-refractivity contribution in [1.29, 1.82) is 0 Å². The largest absolute Gasteiger partial charge is 0.454 e. The van der Waals surface area contributed by atoms with Crippen molar-refractivity contribution in [1.82, 2.24) is 4.98 Å². The number of aliphatic imine (C=N–C) groups is 1. The maximum absolute atomic E-state index is 12.5. The second kappa shape index (κ2) is 9.52. The molecule has 0 fully saturated rings. The number of ether oxygens (including phenoxy) is 2. The molecule has 8 heteroatoms. The minimum Gasteiger partial charge on any atom is -0.454 e. The molecule has 2 heterocycles. The summed E-state index contributed by atoms with van der Waals surface area (Å²) in [5.41, 5.74) is 4.99. The first kappa shape index (κ1) is 21.9. The molecule has 34 heavy (non-hydrogen) atoms. The van der Waals surface area contributed by atoms with E-state index in [0.29, 0.717) is 18.0 Å². The molecule has 4 aromatic rings. The zero-order chi connectivity index (χ0) is 23.5. The van der Waals surface area contributed by atoms with Crippen LogP contribution < -0.4 is 20.1 Å². The number of nitrogens with zero attached hydrogens (tertiary/aromatic N) is 2. The number of benzene rings is 3. The number of thiazole rings is 1. The van der Waals surface area contributed by atoms with Crippen molar-refractivity contribution in [2.45, 2.75) is 19.8 Å². The number of nitrogens with one attached hydrogen (secondary N) is 2. The maximum atomic E-state index is 12.5. The highest BCUT2D eigenvalue weighted by Crippen LogP contribution is 2.33. The summed E-state index contributed by atoms with van der Waals surface area (Å²) in [7, 11) is 1.77. The number of aromatic nitrogens is 1. The first-order valence-electron chi connectivity index (χ1n) is 11.0. The van der Waals surface area contributed by atoms with Gasteiger partial charge in [-0.05, 0) is 60.9 Å². The van der Waals surface area contributed by atoms with Crippen molar-refractivity contribution in [3.63, 3.8) is 0 Å². The molecule has 2 N–H and O–H groups in total. The van der Waals surface area contributed by atoms with Crippen molar-refractivity contribution >= 4 is 44.1 Å². The first-order valence-corrected chi connectivity index (χ1v) is 11.8. The van der Waals surface area contributed by atoms with Crippen LogP contribution in [0.4, 0.5) is 10.8 Å². The van der Waals surface area contributed by atoms with Crippen LogP contribution in [0, 0.1) is 6.92 Å². The standard InChI is InChI=1S/C26H24N4O3S/c1-16-5-3-4-6-19(16)28-25(27-2)18-9-10-20-23(14-18)34-26(29-20)30-24(31)12-8-17-7-11-21-22(13-17)33-15-32-21/h3-7,9-11,13-14H,8,12,15H2,1-2H3,(H,27,28)(H,29,30,31). The summed E-state index contributed by atoms with van der Waals surface area (Å²) < 4.78 is 11.7. The molecule has 0 saturated heterocycles. The molecular formula is C26H24N4O3S. The lowest BCUT2D eigenvalue weighted by Crippen LogP contribution is -2.14. The van der Waals surface area contributed by atoms with Gasteiger partial charge in [-0.15, -0.1) is 0 Å². The van der Waals surface area contributed by atoms with Crippen LogP contribution in [0.3, 0.4) is 0 Å². The van der Waals surface area contributed by atoms with Gasteiger partial charge < -0.3 is 20.1 Å². The summed E-state index contributed by atoms with van der Waals surface area (Å²) in [5.74, 6) is 2.17. The Bertz CT molecular complexity index is 1400. The highest BCUT2D eigenvalue weighted by molar-refractivity contribution is 7.22. The molecular weight excluding hydrogens is 448 g/mol. The highest BCUT2D eigenvalue weighted by Gasteiger charge is 2.15. The van der Waals surface area contributed by atoms with Crippen LogP contribution in [0.5, 0.6) is 11.5 Å². The minimum atomic E-state index is -0.0750.